The van der Waals surface area contributed by atoms with Gasteiger partial charge in [-0.05, 0) is 67.2 Å². The number of benzene rings is 3. The van der Waals surface area contributed by atoms with Gasteiger partial charge in [0, 0.05) is 29.6 Å². The Bertz CT molecular complexity index is 1060. The maximum atomic E-state index is 12.9. The number of carbonyl (C=O) groups excluding carboxylic acids is 2. The molecule has 3 aromatic carbocycles. The highest BCUT2D eigenvalue weighted by Gasteiger charge is 2.15. The number of thiocarbonyl (C=S) groups is 1. The van der Waals surface area contributed by atoms with Crippen LogP contribution in [0.4, 0.5) is 11.4 Å². The highest BCUT2D eigenvalue weighted by atomic mass is 32.1. The molecule has 156 valence electrons. The lowest BCUT2D eigenvalue weighted by molar-refractivity contribution is -0.115. The first kappa shape index (κ1) is 21.9. The van der Waals surface area contributed by atoms with Crippen LogP contribution in [-0.4, -0.2) is 23.5 Å². The summed E-state index contributed by atoms with van der Waals surface area (Å²) in [5.74, 6) is -0.406. The van der Waals surface area contributed by atoms with Gasteiger partial charge >= 0.3 is 0 Å². The molecule has 0 saturated heterocycles. The summed E-state index contributed by atoms with van der Waals surface area (Å²) in [6.07, 6.45) is 3.14. The largest absolute Gasteiger partial charge is 0.332 e. The van der Waals surface area contributed by atoms with Gasteiger partial charge in [0.05, 0.1) is 0 Å². The average Bonchev–Trinajstić information content (AvgIpc) is 2.80. The second kappa shape index (κ2) is 10.8. The van der Waals surface area contributed by atoms with Crippen molar-refractivity contribution >= 4 is 46.6 Å². The Morgan fingerprint density at radius 1 is 0.903 bits per heavy atom. The fourth-order valence-electron chi connectivity index (χ4n) is 2.96. The molecule has 5 nitrogen and oxygen atoms in total. The molecule has 2 amide bonds. The summed E-state index contributed by atoms with van der Waals surface area (Å²) in [7, 11) is 0. The molecule has 0 unspecified atom stereocenters. The SMILES string of the molecule is CCN(C(=O)c1ccc(NC(=S)NC(=O)/C=C/c2ccccc2)cc1)c1ccccc1. The number of amides is 2. The lowest BCUT2D eigenvalue weighted by Crippen LogP contribution is -2.33. The van der Waals surface area contributed by atoms with Crippen LogP contribution < -0.4 is 15.5 Å². The second-order valence-electron chi connectivity index (χ2n) is 6.65. The van der Waals surface area contributed by atoms with E-state index in [9.17, 15) is 9.59 Å². The Kier molecular flexibility index (Phi) is 7.67. The highest BCUT2D eigenvalue weighted by Crippen LogP contribution is 2.18. The third-order valence-electron chi connectivity index (χ3n) is 4.48. The average molecular weight is 430 g/mol. The normalized spacial score (nSPS) is 10.5. The predicted octanol–water partition coefficient (Wildman–Crippen LogP) is 4.88. The maximum absolute atomic E-state index is 12.9. The monoisotopic (exact) mass is 429 g/mol. The molecule has 6 heteroatoms. The minimum atomic E-state index is -0.324. The summed E-state index contributed by atoms with van der Waals surface area (Å²) in [6, 6.07) is 26.0. The van der Waals surface area contributed by atoms with Gasteiger partial charge in [-0.1, -0.05) is 48.5 Å². The van der Waals surface area contributed by atoms with Gasteiger partial charge in [-0.2, -0.15) is 0 Å². The quantitative estimate of drug-likeness (QED) is 0.433. The van der Waals surface area contributed by atoms with Gasteiger partial charge in [0.15, 0.2) is 5.11 Å². The lowest BCUT2D eigenvalue weighted by atomic mass is 10.1. The van der Waals surface area contributed by atoms with Crippen LogP contribution in [0.3, 0.4) is 0 Å². The van der Waals surface area contributed by atoms with E-state index in [0.717, 1.165) is 11.3 Å². The molecule has 2 N–H and O–H groups in total. The number of nitrogens with zero attached hydrogens (tertiary/aromatic N) is 1. The number of rotatable bonds is 6. The first-order valence-electron chi connectivity index (χ1n) is 9.89. The van der Waals surface area contributed by atoms with Gasteiger partial charge in [-0.15, -0.1) is 0 Å². The molecule has 0 bridgehead atoms. The van der Waals surface area contributed by atoms with Crippen LogP contribution >= 0.6 is 12.2 Å². The molecule has 0 saturated carbocycles. The van der Waals surface area contributed by atoms with Crippen molar-refractivity contribution in [3.05, 3.63) is 102 Å². The third-order valence-corrected chi connectivity index (χ3v) is 4.69. The molecule has 0 aliphatic heterocycles. The van der Waals surface area contributed by atoms with E-state index in [1.807, 2.05) is 67.6 Å². The molecule has 3 rings (SSSR count). The molecule has 0 aromatic heterocycles. The number of para-hydroxylation sites is 1. The van der Waals surface area contributed by atoms with Crippen molar-refractivity contribution in [2.75, 3.05) is 16.8 Å². The number of anilines is 2. The molecule has 0 aliphatic carbocycles. The number of carbonyl (C=O) groups is 2. The van der Waals surface area contributed by atoms with Crippen molar-refractivity contribution < 1.29 is 9.59 Å². The molecular formula is C25H23N3O2S. The van der Waals surface area contributed by atoms with Crippen LogP contribution in [0.25, 0.3) is 6.08 Å². The summed E-state index contributed by atoms with van der Waals surface area (Å²) in [5.41, 5.74) is 3.02. The summed E-state index contributed by atoms with van der Waals surface area (Å²) in [4.78, 5) is 26.6. The van der Waals surface area contributed by atoms with Crippen molar-refractivity contribution in [3.8, 4) is 0 Å². The maximum Gasteiger partial charge on any atom is 0.258 e. The predicted molar refractivity (Wildman–Crippen MR) is 130 cm³/mol. The van der Waals surface area contributed by atoms with E-state index in [2.05, 4.69) is 10.6 Å². The van der Waals surface area contributed by atoms with E-state index in [-0.39, 0.29) is 16.9 Å². The van der Waals surface area contributed by atoms with E-state index in [1.54, 1.807) is 35.2 Å². The van der Waals surface area contributed by atoms with Crippen LogP contribution in [0, 0.1) is 0 Å². The van der Waals surface area contributed by atoms with Crippen molar-refractivity contribution in [1.82, 2.24) is 5.32 Å². The van der Waals surface area contributed by atoms with Crippen molar-refractivity contribution in [2.45, 2.75) is 6.92 Å². The topological polar surface area (TPSA) is 61.4 Å². The van der Waals surface area contributed by atoms with E-state index < -0.39 is 0 Å². The van der Waals surface area contributed by atoms with Gasteiger partial charge < -0.3 is 10.2 Å². The Morgan fingerprint density at radius 2 is 1.52 bits per heavy atom. The van der Waals surface area contributed by atoms with E-state index in [1.165, 1.54) is 6.08 Å². The second-order valence-corrected chi connectivity index (χ2v) is 7.06. The molecule has 0 heterocycles. The summed E-state index contributed by atoms with van der Waals surface area (Å²) >= 11 is 5.20. The first-order chi connectivity index (χ1) is 15.1. The molecule has 31 heavy (non-hydrogen) atoms. The molecule has 0 fully saturated rings. The van der Waals surface area contributed by atoms with Crippen molar-refractivity contribution in [2.24, 2.45) is 0 Å². The van der Waals surface area contributed by atoms with Gasteiger partial charge in [0.1, 0.15) is 0 Å². The van der Waals surface area contributed by atoms with Gasteiger partial charge in [-0.3, -0.25) is 14.9 Å². The van der Waals surface area contributed by atoms with Gasteiger partial charge in [-0.25, -0.2) is 0 Å². The van der Waals surface area contributed by atoms with E-state index >= 15 is 0 Å². The van der Waals surface area contributed by atoms with Crippen LogP contribution in [0.5, 0.6) is 0 Å². The summed E-state index contributed by atoms with van der Waals surface area (Å²) in [6.45, 7) is 2.50. The number of nitrogens with one attached hydrogen (secondary N) is 2. The van der Waals surface area contributed by atoms with E-state index in [0.29, 0.717) is 17.8 Å². The Labute approximate surface area is 187 Å². The molecule has 0 spiro atoms. The Hall–Kier alpha value is -3.77. The zero-order valence-corrected chi connectivity index (χ0v) is 17.9. The molecule has 0 aliphatic rings. The van der Waals surface area contributed by atoms with Crippen LogP contribution in [-0.2, 0) is 4.79 Å². The summed E-state index contributed by atoms with van der Waals surface area (Å²) < 4.78 is 0. The highest BCUT2D eigenvalue weighted by molar-refractivity contribution is 7.80. The van der Waals surface area contributed by atoms with Gasteiger partial charge in [0.25, 0.3) is 5.91 Å². The van der Waals surface area contributed by atoms with E-state index in [4.69, 9.17) is 12.2 Å². The van der Waals surface area contributed by atoms with Crippen LogP contribution in [0.1, 0.15) is 22.8 Å². The molecule has 3 aromatic rings. The Morgan fingerprint density at radius 3 is 2.13 bits per heavy atom. The van der Waals surface area contributed by atoms with Crippen molar-refractivity contribution in [3.63, 3.8) is 0 Å². The van der Waals surface area contributed by atoms with Crippen LogP contribution in [0.15, 0.2) is 91.0 Å². The summed E-state index contributed by atoms with van der Waals surface area (Å²) in [5, 5.41) is 5.74. The minimum Gasteiger partial charge on any atom is -0.332 e. The fourth-order valence-corrected chi connectivity index (χ4v) is 3.17. The first-order valence-corrected chi connectivity index (χ1v) is 10.3. The smallest absolute Gasteiger partial charge is 0.258 e. The van der Waals surface area contributed by atoms with Crippen LogP contribution in [0.2, 0.25) is 0 Å². The minimum absolute atomic E-state index is 0.0813. The van der Waals surface area contributed by atoms with Gasteiger partial charge in [0.2, 0.25) is 5.91 Å². The molecule has 0 radical (unpaired) electrons. The Balaban J connectivity index is 1.57. The number of hydrogen-bond acceptors (Lipinski definition) is 3. The molecule has 0 atom stereocenters. The van der Waals surface area contributed by atoms with Crippen molar-refractivity contribution in [1.29, 1.82) is 0 Å². The zero-order chi connectivity index (χ0) is 22.1. The number of hydrogen-bond donors (Lipinski definition) is 2. The standard InChI is InChI=1S/C25H23N3O2S/c1-2-28(22-11-7-4-8-12-22)24(30)20-14-16-21(17-15-20)26-25(31)27-23(29)18-13-19-9-5-3-6-10-19/h3-18H,2H2,1H3,(H2,26,27,29,31)/b18-13+. The molecular weight excluding hydrogens is 406 g/mol. The zero-order valence-electron chi connectivity index (χ0n) is 17.1. The lowest BCUT2D eigenvalue weighted by Gasteiger charge is -2.21. The fraction of sp³-hybridized carbons (Fsp3) is 0.0800. The third kappa shape index (κ3) is 6.35.